The molecule has 1 fully saturated rings. The molecule has 0 saturated carbocycles. The van der Waals surface area contributed by atoms with Gasteiger partial charge in [-0.2, -0.15) is 0 Å². The fourth-order valence-corrected chi connectivity index (χ4v) is 8.49. The molecule has 0 aliphatic carbocycles. The van der Waals surface area contributed by atoms with E-state index in [4.69, 9.17) is 14.2 Å². The molecule has 8 unspecified atom stereocenters. The number of esters is 1. The highest BCUT2D eigenvalue weighted by Crippen LogP contribution is 2.26. The van der Waals surface area contributed by atoms with Crippen LogP contribution in [-0.2, 0) is 23.8 Å². The molecule has 0 radical (unpaired) electrons. The molecular weight excluding hydrogens is 871 g/mol. The van der Waals surface area contributed by atoms with Crippen molar-refractivity contribution < 1.29 is 49.3 Å². The summed E-state index contributed by atoms with van der Waals surface area (Å²) in [6, 6.07) is -1.03. The summed E-state index contributed by atoms with van der Waals surface area (Å²) in [7, 11) is 0. The molecule has 1 heterocycles. The number of carbonyl (C=O) groups excluding carboxylic acids is 2. The Bertz CT molecular complexity index is 1350. The number of amides is 1. The van der Waals surface area contributed by atoms with Crippen LogP contribution < -0.4 is 5.32 Å². The lowest BCUT2D eigenvalue weighted by molar-refractivity contribution is -0.305. The van der Waals surface area contributed by atoms with Gasteiger partial charge in [-0.25, -0.2) is 0 Å². The average Bonchev–Trinajstić information content (AvgIpc) is 3.34. The van der Waals surface area contributed by atoms with Gasteiger partial charge >= 0.3 is 5.97 Å². The minimum Gasteiger partial charge on any atom is -0.454 e. The molecule has 0 spiro atoms. The maximum absolute atomic E-state index is 13.4. The highest BCUT2D eigenvalue weighted by molar-refractivity contribution is 5.80. The highest BCUT2D eigenvalue weighted by Gasteiger charge is 2.47. The molecule has 11 nitrogen and oxygen atoms in total. The third kappa shape index (κ3) is 35.2. The van der Waals surface area contributed by atoms with Crippen LogP contribution in [0.3, 0.4) is 0 Å². The van der Waals surface area contributed by atoms with Crippen LogP contribution in [0, 0.1) is 0 Å². The van der Waals surface area contributed by atoms with E-state index in [1.54, 1.807) is 6.08 Å². The predicted molar refractivity (Wildman–Crippen MR) is 283 cm³/mol. The minimum atomic E-state index is -1.62. The lowest BCUT2D eigenvalue weighted by Crippen LogP contribution is -2.61. The molecule has 0 aromatic carbocycles. The van der Waals surface area contributed by atoms with E-state index in [0.717, 1.165) is 116 Å². The number of hydrogen-bond donors (Lipinski definition) is 6. The van der Waals surface area contributed by atoms with Crippen molar-refractivity contribution in [2.45, 2.75) is 282 Å². The molecule has 1 aliphatic rings. The SMILES string of the molecule is CC/C=C/C/C=C/CCCCCCCCCC(=O)OC1C(OCC(NC(=O)C(O)CCCCCCCC/C=C/C/C=C/CC)C(O)/C=C/CCCCCCCCCCCCC)OC(CO)C(O)C1O. The fourth-order valence-electron chi connectivity index (χ4n) is 8.49. The van der Waals surface area contributed by atoms with Crippen LogP contribution in [0.4, 0.5) is 0 Å². The van der Waals surface area contributed by atoms with E-state index in [9.17, 15) is 35.1 Å². The number of nitrogens with one attached hydrogen (secondary N) is 1. The number of hydrogen-bond acceptors (Lipinski definition) is 10. The highest BCUT2D eigenvalue weighted by atomic mass is 16.7. The Hall–Kier alpha value is -2.64. The molecule has 6 N–H and O–H groups in total. The summed E-state index contributed by atoms with van der Waals surface area (Å²) >= 11 is 0. The van der Waals surface area contributed by atoms with Crippen molar-refractivity contribution in [3.05, 3.63) is 60.8 Å². The molecule has 8 atom stereocenters. The van der Waals surface area contributed by atoms with Crippen molar-refractivity contribution in [2.75, 3.05) is 13.2 Å². The third-order valence-corrected chi connectivity index (χ3v) is 12.9. The van der Waals surface area contributed by atoms with E-state index in [1.807, 2.05) is 6.08 Å². The maximum atomic E-state index is 13.4. The van der Waals surface area contributed by atoms with Crippen LogP contribution >= 0.6 is 0 Å². The lowest BCUT2D eigenvalue weighted by atomic mass is 9.99. The molecule has 400 valence electrons. The van der Waals surface area contributed by atoms with Crippen LogP contribution in [0.5, 0.6) is 0 Å². The van der Waals surface area contributed by atoms with Gasteiger partial charge in [0, 0.05) is 6.42 Å². The summed E-state index contributed by atoms with van der Waals surface area (Å²) in [5.41, 5.74) is 0. The van der Waals surface area contributed by atoms with Gasteiger partial charge < -0.3 is 45.1 Å². The first kappa shape index (κ1) is 64.4. The zero-order valence-electron chi connectivity index (χ0n) is 43.9. The number of aliphatic hydroxyl groups is 5. The minimum absolute atomic E-state index is 0.112. The smallest absolute Gasteiger partial charge is 0.306 e. The molecule has 0 aromatic rings. The van der Waals surface area contributed by atoms with Crippen molar-refractivity contribution in [1.82, 2.24) is 5.32 Å². The number of unbranched alkanes of at least 4 members (excludes halogenated alkanes) is 24. The Morgan fingerprint density at radius 3 is 1.55 bits per heavy atom. The van der Waals surface area contributed by atoms with Crippen molar-refractivity contribution >= 4 is 11.9 Å². The fraction of sp³-hybridized carbons (Fsp3) is 0.793. The Kier molecular flexibility index (Phi) is 43.3. The Morgan fingerprint density at radius 1 is 0.580 bits per heavy atom. The Labute approximate surface area is 420 Å². The van der Waals surface area contributed by atoms with Crippen molar-refractivity contribution in [3.63, 3.8) is 0 Å². The van der Waals surface area contributed by atoms with E-state index in [1.165, 1.54) is 70.6 Å². The van der Waals surface area contributed by atoms with Crippen LogP contribution in [-0.4, -0.2) is 99.6 Å². The van der Waals surface area contributed by atoms with E-state index < -0.39 is 67.4 Å². The molecule has 1 rings (SSSR count). The second-order valence-corrected chi connectivity index (χ2v) is 19.3. The summed E-state index contributed by atoms with van der Waals surface area (Å²) in [5.74, 6) is -1.21. The Morgan fingerprint density at radius 2 is 1.04 bits per heavy atom. The van der Waals surface area contributed by atoms with E-state index in [2.05, 4.69) is 74.7 Å². The van der Waals surface area contributed by atoms with Crippen molar-refractivity contribution in [1.29, 1.82) is 0 Å². The van der Waals surface area contributed by atoms with E-state index >= 15 is 0 Å². The first-order valence-electron chi connectivity index (χ1n) is 28.1. The predicted octanol–water partition coefficient (Wildman–Crippen LogP) is 12.3. The molecule has 1 aliphatic heterocycles. The first-order chi connectivity index (χ1) is 33.7. The van der Waals surface area contributed by atoms with Gasteiger partial charge in [-0.1, -0.05) is 210 Å². The zero-order valence-corrected chi connectivity index (χ0v) is 43.9. The monoisotopic (exact) mass is 974 g/mol. The number of ether oxygens (including phenoxy) is 3. The summed E-state index contributed by atoms with van der Waals surface area (Å²) in [4.78, 5) is 26.4. The molecule has 69 heavy (non-hydrogen) atoms. The van der Waals surface area contributed by atoms with Crippen molar-refractivity contribution in [3.8, 4) is 0 Å². The molecule has 11 heteroatoms. The largest absolute Gasteiger partial charge is 0.454 e. The molecular formula is C58H103NO10. The number of carbonyl (C=O) groups is 2. The number of allylic oxidation sites excluding steroid dienone is 9. The van der Waals surface area contributed by atoms with Gasteiger partial charge in [0.05, 0.1) is 25.4 Å². The summed E-state index contributed by atoms with van der Waals surface area (Å²) < 4.78 is 17.5. The second kappa shape index (κ2) is 46.4. The van der Waals surface area contributed by atoms with Gasteiger partial charge in [-0.05, 0) is 77.0 Å². The second-order valence-electron chi connectivity index (χ2n) is 19.3. The van der Waals surface area contributed by atoms with Gasteiger partial charge in [0.2, 0.25) is 5.91 Å². The summed E-state index contributed by atoms with van der Waals surface area (Å²) in [6.45, 7) is 5.55. The summed E-state index contributed by atoms with van der Waals surface area (Å²) in [6.07, 6.45) is 45.5. The number of rotatable bonds is 46. The molecule has 1 saturated heterocycles. The first-order valence-corrected chi connectivity index (χ1v) is 28.1. The molecule has 1 amide bonds. The van der Waals surface area contributed by atoms with Crippen LogP contribution in [0.15, 0.2) is 60.8 Å². The summed E-state index contributed by atoms with van der Waals surface area (Å²) in [5, 5.41) is 56.7. The van der Waals surface area contributed by atoms with Crippen LogP contribution in [0.25, 0.3) is 0 Å². The lowest BCUT2D eigenvalue weighted by Gasteiger charge is -2.41. The van der Waals surface area contributed by atoms with E-state index in [0.29, 0.717) is 12.8 Å². The topological polar surface area (TPSA) is 175 Å². The normalized spacial score (nSPS) is 20.3. The van der Waals surface area contributed by atoms with Gasteiger partial charge in [0.25, 0.3) is 0 Å². The van der Waals surface area contributed by atoms with Gasteiger partial charge in [0.15, 0.2) is 12.4 Å². The zero-order chi connectivity index (χ0) is 50.4. The van der Waals surface area contributed by atoms with Crippen molar-refractivity contribution in [2.24, 2.45) is 0 Å². The molecule has 0 aromatic heterocycles. The Balaban J connectivity index is 2.76. The van der Waals surface area contributed by atoms with Gasteiger partial charge in [-0.3, -0.25) is 9.59 Å². The van der Waals surface area contributed by atoms with Gasteiger partial charge in [-0.15, -0.1) is 0 Å². The maximum Gasteiger partial charge on any atom is 0.306 e. The van der Waals surface area contributed by atoms with Crippen LogP contribution in [0.2, 0.25) is 0 Å². The standard InChI is InChI=1S/C58H103NO10/c1-4-7-10-13-16-19-22-25-28-31-34-37-40-43-46-53(63)69-56-55(65)54(64)52(47-60)68-58(56)67-48-49(50(61)44-41-38-35-32-29-26-23-20-17-14-11-8-5-2)59-57(66)51(62)45-42-39-36-33-30-27-24-21-18-15-12-9-6-3/h7,9-10,12,16,18-19,21,41,44,49-52,54-56,58,60-62,64-65H,4-6,8,11,13-15,17,20,22-40,42-43,45-48H2,1-3H3,(H,59,66)/b10-7+,12-9+,19-16+,21-18+,44-41+. The quantitative estimate of drug-likeness (QED) is 0.0196. The number of aliphatic hydroxyl groups excluding tert-OH is 5. The van der Waals surface area contributed by atoms with E-state index in [-0.39, 0.29) is 19.4 Å². The van der Waals surface area contributed by atoms with Crippen LogP contribution in [0.1, 0.15) is 233 Å². The third-order valence-electron chi connectivity index (χ3n) is 12.9. The average molecular weight is 974 g/mol. The molecule has 0 bridgehead atoms. The van der Waals surface area contributed by atoms with Gasteiger partial charge in [0.1, 0.15) is 24.4 Å².